The molecule has 1 aromatic rings. The minimum atomic E-state index is -0.684. The molecule has 5 N–H and O–H groups in total. The van der Waals surface area contributed by atoms with Gasteiger partial charge in [0.2, 0.25) is 5.91 Å². The van der Waals surface area contributed by atoms with Gasteiger partial charge in [-0.15, -0.1) is 0 Å². The summed E-state index contributed by atoms with van der Waals surface area (Å²) in [6.07, 6.45) is 1.10. The molecule has 2 atom stereocenters. The summed E-state index contributed by atoms with van der Waals surface area (Å²) in [5.41, 5.74) is 6.60. The van der Waals surface area contributed by atoms with Crippen LogP contribution in [0.15, 0.2) is 18.2 Å². The van der Waals surface area contributed by atoms with Gasteiger partial charge in [-0.3, -0.25) is 4.79 Å². The fourth-order valence-corrected chi connectivity index (χ4v) is 2.45. The van der Waals surface area contributed by atoms with Crippen molar-refractivity contribution in [2.45, 2.75) is 18.9 Å². The van der Waals surface area contributed by atoms with Crippen LogP contribution in [0, 0.1) is 5.92 Å². The van der Waals surface area contributed by atoms with Crippen LogP contribution < -0.4 is 5.73 Å². The summed E-state index contributed by atoms with van der Waals surface area (Å²) in [7, 11) is 0. The monoisotopic (exact) mass is 280 g/mol. The lowest BCUT2D eigenvalue weighted by Crippen LogP contribution is -2.44. The average molecular weight is 280 g/mol. The Morgan fingerprint density at radius 3 is 2.75 bits per heavy atom. The number of hydrogen-bond acceptors (Lipinski definition) is 5. The zero-order valence-corrected chi connectivity index (χ0v) is 11.2. The molecule has 1 aromatic carbocycles. The first kappa shape index (κ1) is 14.6. The molecule has 1 unspecified atom stereocenters. The molecule has 110 valence electrons. The second-order valence-corrected chi connectivity index (χ2v) is 5.26. The Morgan fingerprint density at radius 1 is 1.40 bits per heavy atom. The first-order valence-electron chi connectivity index (χ1n) is 6.67. The van der Waals surface area contributed by atoms with E-state index in [2.05, 4.69) is 0 Å². The van der Waals surface area contributed by atoms with E-state index >= 15 is 0 Å². The van der Waals surface area contributed by atoms with Gasteiger partial charge in [-0.1, -0.05) is 6.07 Å². The highest BCUT2D eigenvalue weighted by molar-refractivity contribution is 5.82. The van der Waals surface area contributed by atoms with Crippen molar-refractivity contribution in [2.75, 3.05) is 19.7 Å². The van der Waals surface area contributed by atoms with E-state index < -0.39 is 6.04 Å². The zero-order valence-electron chi connectivity index (χ0n) is 11.2. The van der Waals surface area contributed by atoms with Crippen molar-refractivity contribution in [3.05, 3.63) is 23.8 Å². The Bertz CT molecular complexity index is 492. The van der Waals surface area contributed by atoms with Gasteiger partial charge in [0.25, 0.3) is 0 Å². The smallest absolute Gasteiger partial charge is 0.239 e. The molecule has 6 heteroatoms. The van der Waals surface area contributed by atoms with Crippen molar-refractivity contribution >= 4 is 5.91 Å². The molecule has 0 spiro atoms. The van der Waals surface area contributed by atoms with Crippen molar-refractivity contribution in [1.29, 1.82) is 0 Å². The summed E-state index contributed by atoms with van der Waals surface area (Å²) in [5, 5.41) is 27.7. The molecule has 0 aromatic heterocycles. The highest BCUT2D eigenvalue weighted by Crippen LogP contribution is 2.25. The second kappa shape index (κ2) is 6.11. The van der Waals surface area contributed by atoms with Crippen LogP contribution in [-0.2, 0) is 11.2 Å². The van der Waals surface area contributed by atoms with Gasteiger partial charge in [0.1, 0.15) is 0 Å². The number of phenolic OH excluding ortho intramolecular Hbond substituents is 2. The normalized spacial score (nSPS) is 20.1. The molecule has 1 aliphatic rings. The molecule has 0 radical (unpaired) electrons. The number of rotatable bonds is 4. The Hall–Kier alpha value is -1.79. The van der Waals surface area contributed by atoms with Crippen LogP contribution in [-0.4, -0.2) is 51.9 Å². The van der Waals surface area contributed by atoms with Crippen molar-refractivity contribution in [1.82, 2.24) is 4.90 Å². The van der Waals surface area contributed by atoms with Crippen molar-refractivity contribution in [3.8, 4) is 11.5 Å². The van der Waals surface area contributed by atoms with Crippen molar-refractivity contribution < 1.29 is 20.1 Å². The van der Waals surface area contributed by atoms with Crippen molar-refractivity contribution in [2.24, 2.45) is 11.7 Å². The molecule has 2 rings (SSSR count). The van der Waals surface area contributed by atoms with Gasteiger partial charge in [0.05, 0.1) is 6.04 Å². The number of carbonyl (C=O) groups excluding carboxylic acids is 1. The largest absolute Gasteiger partial charge is 0.504 e. The molecule has 1 saturated heterocycles. The number of aromatic hydroxyl groups is 2. The van der Waals surface area contributed by atoms with E-state index in [1.54, 1.807) is 11.0 Å². The van der Waals surface area contributed by atoms with Gasteiger partial charge in [0.15, 0.2) is 11.5 Å². The summed E-state index contributed by atoms with van der Waals surface area (Å²) in [4.78, 5) is 13.8. The van der Waals surface area contributed by atoms with Crippen molar-refractivity contribution in [3.63, 3.8) is 0 Å². The van der Waals surface area contributed by atoms with E-state index in [-0.39, 0.29) is 29.9 Å². The van der Waals surface area contributed by atoms with E-state index in [0.29, 0.717) is 25.1 Å². The summed E-state index contributed by atoms with van der Waals surface area (Å²) < 4.78 is 0. The second-order valence-electron chi connectivity index (χ2n) is 5.26. The van der Waals surface area contributed by atoms with Gasteiger partial charge in [0, 0.05) is 25.6 Å². The number of likely N-dealkylation sites (tertiary alicyclic amines) is 1. The molecule has 1 heterocycles. The highest BCUT2D eigenvalue weighted by Gasteiger charge is 2.28. The number of aliphatic hydroxyl groups excluding tert-OH is 1. The predicted molar refractivity (Wildman–Crippen MR) is 73.2 cm³/mol. The lowest BCUT2D eigenvalue weighted by atomic mass is 10.0. The molecule has 1 aliphatic heterocycles. The summed E-state index contributed by atoms with van der Waals surface area (Å²) in [6.45, 7) is 1.26. The maximum absolute atomic E-state index is 12.2. The van der Waals surface area contributed by atoms with E-state index in [0.717, 1.165) is 6.42 Å². The van der Waals surface area contributed by atoms with Gasteiger partial charge in [-0.05, 0) is 30.5 Å². The number of benzene rings is 1. The van der Waals surface area contributed by atoms with Crippen LogP contribution in [0.3, 0.4) is 0 Å². The topological polar surface area (TPSA) is 107 Å². The van der Waals surface area contributed by atoms with Crippen LogP contribution >= 0.6 is 0 Å². The molecular formula is C14H20N2O4. The maximum Gasteiger partial charge on any atom is 0.239 e. The molecule has 1 amide bonds. The number of phenols is 2. The SMILES string of the molecule is N[C@@H](Cc1ccc(O)c(O)c1)C(=O)N1CCC(CO)C1. The fraction of sp³-hybridized carbons (Fsp3) is 0.500. The van der Waals surface area contributed by atoms with E-state index in [9.17, 15) is 15.0 Å². The van der Waals surface area contributed by atoms with E-state index in [1.807, 2.05) is 0 Å². The van der Waals surface area contributed by atoms with Gasteiger partial charge in [-0.2, -0.15) is 0 Å². The highest BCUT2D eigenvalue weighted by atomic mass is 16.3. The fourth-order valence-electron chi connectivity index (χ4n) is 2.45. The van der Waals surface area contributed by atoms with Gasteiger partial charge < -0.3 is 26.0 Å². The van der Waals surface area contributed by atoms with Crippen LogP contribution in [0.5, 0.6) is 11.5 Å². The maximum atomic E-state index is 12.2. The average Bonchev–Trinajstić information content (AvgIpc) is 2.91. The predicted octanol–water partition coefficient (Wildman–Crippen LogP) is -0.192. The Labute approximate surface area is 117 Å². The van der Waals surface area contributed by atoms with Crippen LogP contribution in [0.4, 0.5) is 0 Å². The number of nitrogens with two attached hydrogens (primary N) is 1. The standard InChI is InChI=1S/C14H20N2O4/c15-11(5-9-1-2-12(18)13(19)6-9)14(20)16-4-3-10(7-16)8-17/h1-2,6,10-11,17-19H,3-5,7-8,15H2/t10?,11-/m0/s1. The molecule has 0 saturated carbocycles. The number of hydrogen-bond donors (Lipinski definition) is 4. The third kappa shape index (κ3) is 3.20. The molecular weight excluding hydrogens is 260 g/mol. The Kier molecular flexibility index (Phi) is 4.46. The molecule has 0 bridgehead atoms. The third-order valence-corrected chi connectivity index (χ3v) is 3.67. The number of amides is 1. The summed E-state index contributed by atoms with van der Waals surface area (Å²) >= 11 is 0. The number of aliphatic hydroxyl groups is 1. The Balaban J connectivity index is 1.95. The van der Waals surface area contributed by atoms with Gasteiger partial charge >= 0.3 is 0 Å². The first-order valence-corrected chi connectivity index (χ1v) is 6.67. The minimum Gasteiger partial charge on any atom is -0.504 e. The number of nitrogens with zero attached hydrogens (tertiary/aromatic N) is 1. The molecule has 20 heavy (non-hydrogen) atoms. The number of carbonyl (C=O) groups is 1. The summed E-state index contributed by atoms with van der Waals surface area (Å²) in [6, 6.07) is 3.72. The lowest BCUT2D eigenvalue weighted by Gasteiger charge is -2.21. The quantitative estimate of drug-likeness (QED) is 0.572. The van der Waals surface area contributed by atoms with Crippen LogP contribution in [0.25, 0.3) is 0 Å². The Morgan fingerprint density at radius 2 is 2.15 bits per heavy atom. The molecule has 1 fully saturated rings. The third-order valence-electron chi connectivity index (χ3n) is 3.67. The first-order chi connectivity index (χ1) is 9.51. The molecule has 0 aliphatic carbocycles. The van der Waals surface area contributed by atoms with Crippen LogP contribution in [0.1, 0.15) is 12.0 Å². The van der Waals surface area contributed by atoms with Gasteiger partial charge in [-0.25, -0.2) is 0 Å². The zero-order chi connectivity index (χ0) is 14.7. The van der Waals surface area contributed by atoms with E-state index in [1.165, 1.54) is 12.1 Å². The minimum absolute atomic E-state index is 0.0881. The lowest BCUT2D eigenvalue weighted by molar-refractivity contribution is -0.131. The molecule has 6 nitrogen and oxygen atoms in total. The summed E-state index contributed by atoms with van der Waals surface area (Å²) in [5.74, 6) is -0.417. The van der Waals surface area contributed by atoms with Crippen LogP contribution in [0.2, 0.25) is 0 Å². The van der Waals surface area contributed by atoms with E-state index in [4.69, 9.17) is 10.8 Å².